The molecule has 54 heavy (non-hydrogen) atoms. The Hall–Kier alpha value is -4.84. The number of hydrogen-bond donors (Lipinski definition) is 5. The Balaban J connectivity index is 1.40. The number of nitrogens with one attached hydrogen (secondary N) is 4. The SMILES string of the molecule is CN[C@@H](C)C(=O)N[C@H](C(=O)N1C[C@H](C2(C(N)=O)C=CC(C(=O)N[C@H](C)Cc3ccccc3F)=CC2)C[C@H]1C(=O)N[C@@H]1CCCc2ccccc21)C(C)(C)C. The number of carbonyl (C=O) groups excluding carboxylic acids is 5. The molecule has 3 aliphatic rings. The number of primary amides is 1. The third kappa shape index (κ3) is 8.75. The van der Waals surface area contributed by atoms with Gasteiger partial charge in [-0.25, -0.2) is 4.39 Å². The largest absolute Gasteiger partial charge is 0.369 e. The quantitative estimate of drug-likeness (QED) is 0.223. The molecule has 1 saturated heterocycles. The van der Waals surface area contributed by atoms with E-state index in [-0.39, 0.29) is 55.0 Å². The molecule has 0 bridgehead atoms. The fourth-order valence-electron chi connectivity index (χ4n) is 7.95. The van der Waals surface area contributed by atoms with Crippen molar-refractivity contribution in [2.24, 2.45) is 22.5 Å². The number of carbonyl (C=O) groups is 5. The van der Waals surface area contributed by atoms with Crippen molar-refractivity contribution in [2.45, 2.75) is 103 Å². The number of hydrogen-bond acceptors (Lipinski definition) is 6. The zero-order valence-electron chi connectivity index (χ0n) is 32.2. The third-order valence-electron chi connectivity index (χ3n) is 11.3. The molecule has 0 radical (unpaired) electrons. The minimum absolute atomic E-state index is 0.0323. The molecule has 2 aliphatic carbocycles. The lowest BCUT2D eigenvalue weighted by Crippen LogP contribution is -2.59. The maximum atomic E-state index is 14.6. The number of fused-ring (bicyclic) bond motifs is 1. The zero-order chi connectivity index (χ0) is 39.4. The van der Waals surface area contributed by atoms with Gasteiger partial charge in [0.05, 0.1) is 17.5 Å². The molecule has 11 nitrogen and oxygen atoms in total. The van der Waals surface area contributed by atoms with Crippen LogP contribution in [-0.4, -0.2) is 72.2 Å². The Morgan fingerprint density at radius 2 is 1.72 bits per heavy atom. The summed E-state index contributed by atoms with van der Waals surface area (Å²) in [6, 6.07) is 11.3. The number of likely N-dealkylation sites (tertiary alicyclic amines) is 1. The van der Waals surface area contributed by atoms with Crippen molar-refractivity contribution in [3.8, 4) is 0 Å². The maximum Gasteiger partial charge on any atom is 0.251 e. The molecule has 1 unspecified atom stereocenters. The van der Waals surface area contributed by atoms with Gasteiger partial charge in [0.2, 0.25) is 23.6 Å². The Kier molecular flexibility index (Phi) is 12.5. The molecule has 7 atom stereocenters. The van der Waals surface area contributed by atoms with E-state index in [1.807, 2.05) is 39.0 Å². The van der Waals surface area contributed by atoms with Gasteiger partial charge in [-0.3, -0.25) is 24.0 Å². The van der Waals surface area contributed by atoms with Crippen LogP contribution in [-0.2, 0) is 36.8 Å². The van der Waals surface area contributed by atoms with E-state index in [1.54, 1.807) is 57.3 Å². The first kappa shape index (κ1) is 40.3. The number of amides is 5. The molecule has 5 rings (SSSR count). The summed E-state index contributed by atoms with van der Waals surface area (Å²) >= 11 is 0. The van der Waals surface area contributed by atoms with Gasteiger partial charge in [-0.2, -0.15) is 0 Å². The van der Waals surface area contributed by atoms with Crippen LogP contribution in [0.4, 0.5) is 4.39 Å². The molecule has 6 N–H and O–H groups in total. The van der Waals surface area contributed by atoms with Crippen LogP contribution in [0.15, 0.2) is 72.3 Å². The Bertz CT molecular complexity index is 1820. The number of likely N-dealkylation sites (N-methyl/N-ethyl adjacent to an activating group) is 1. The standard InChI is InChI=1S/C42H55FN6O5/c1-25(22-29-13-8-10-16-32(29)43)46-37(51)28-18-20-42(21-19-28,40(44)54)30-23-34(38(52)47-33-17-11-14-27-12-7-9-15-31(27)33)49(24-30)39(53)35(41(3,4)5)48-36(50)26(2)45-6/h7-10,12-13,15-16,18-20,25-26,30,33-35,45H,11,14,17,21-24H2,1-6H3,(H2,44,54)(H,46,51)(H,47,52)(H,48,50)/t25-,26+,30-,33-,34+,35-,42?/m1/s1. The second-order valence-electron chi connectivity index (χ2n) is 16.2. The van der Waals surface area contributed by atoms with Crippen molar-refractivity contribution in [1.82, 2.24) is 26.2 Å². The zero-order valence-corrected chi connectivity index (χ0v) is 32.2. The molecule has 5 amide bonds. The lowest BCUT2D eigenvalue weighted by molar-refractivity contribution is -0.144. The minimum Gasteiger partial charge on any atom is -0.369 e. The van der Waals surface area contributed by atoms with E-state index in [9.17, 15) is 28.4 Å². The highest BCUT2D eigenvalue weighted by Crippen LogP contribution is 2.45. The topological polar surface area (TPSA) is 163 Å². The monoisotopic (exact) mass is 742 g/mol. The van der Waals surface area contributed by atoms with Gasteiger partial charge in [-0.15, -0.1) is 0 Å². The van der Waals surface area contributed by atoms with Gasteiger partial charge >= 0.3 is 0 Å². The third-order valence-corrected chi connectivity index (χ3v) is 11.3. The van der Waals surface area contributed by atoms with Gasteiger partial charge in [0.25, 0.3) is 5.91 Å². The van der Waals surface area contributed by atoms with E-state index in [0.717, 1.165) is 24.8 Å². The van der Waals surface area contributed by atoms with Gasteiger partial charge in [0.15, 0.2) is 0 Å². The summed E-state index contributed by atoms with van der Waals surface area (Å²) in [5.74, 6) is -3.04. The van der Waals surface area contributed by atoms with Crippen molar-refractivity contribution in [3.05, 3.63) is 94.8 Å². The first-order valence-electron chi connectivity index (χ1n) is 19.0. The minimum atomic E-state index is -1.30. The fourth-order valence-corrected chi connectivity index (χ4v) is 7.95. The van der Waals surface area contributed by atoms with Crippen molar-refractivity contribution >= 4 is 29.5 Å². The second-order valence-corrected chi connectivity index (χ2v) is 16.2. The van der Waals surface area contributed by atoms with E-state index in [0.29, 0.717) is 17.6 Å². The average Bonchev–Trinajstić information content (AvgIpc) is 3.60. The van der Waals surface area contributed by atoms with E-state index < -0.39 is 46.7 Å². The van der Waals surface area contributed by atoms with Crippen molar-refractivity contribution < 1.29 is 28.4 Å². The fraction of sp³-hybridized carbons (Fsp3) is 0.500. The molecule has 290 valence electrons. The second kappa shape index (κ2) is 16.7. The Morgan fingerprint density at radius 1 is 1.02 bits per heavy atom. The number of nitrogens with zero attached hydrogens (tertiary/aromatic N) is 1. The van der Waals surface area contributed by atoms with Gasteiger partial charge in [-0.1, -0.05) is 81.5 Å². The average molecular weight is 743 g/mol. The predicted molar refractivity (Wildman–Crippen MR) is 205 cm³/mol. The number of rotatable bonds is 12. The highest BCUT2D eigenvalue weighted by Gasteiger charge is 2.53. The van der Waals surface area contributed by atoms with E-state index in [1.165, 1.54) is 16.5 Å². The molecule has 0 spiro atoms. The number of allylic oxidation sites excluding steroid dienone is 1. The summed E-state index contributed by atoms with van der Waals surface area (Å²) in [5.41, 5.74) is 7.18. The van der Waals surface area contributed by atoms with Crippen LogP contribution in [0.5, 0.6) is 0 Å². The van der Waals surface area contributed by atoms with Gasteiger partial charge in [0.1, 0.15) is 17.9 Å². The highest BCUT2D eigenvalue weighted by molar-refractivity contribution is 5.98. The first-order chi connectivity index (χ1) is 25.5. The summed E-state index contributed by atoms with van der Waals surface area (Å²) in [4.78, 5) is 70.3. The van der Waals surface area contributed by atoms with E-state index in [4.69, 9.17) is 5.73 Å². The summed E-state index contributed by atoms with van der Waals surface area (Å²) < 4.78 is 14.2. The lowest BCUT2D eigenvalue weighted by Gasteiger charge is -2.37. The summed E-state index contributed by atoms with van der Waals surface area (Å²) in [6.07, 6.45) is 7.95. The molecule has 2 aromatic carbocycles. The number of halogens is 1. The van der Waals surface area contributed by atoms with Crippen molar-refractivity contribution in [1.29, 1.82) is 0 Å². The lowest BCUT2D eigenvalue weighted by atomic mass is 9.68. The van der Waals surface area contributed by atoms with Crippen LogP contribution in [0.25, 0.3) is 0 Å². The van der Waals surface area contributed by atoms with Crippen LogP contribution >= 0.6 is 0 Å². The van der Waals surface area contributed by atoms with E-state index >= 15 is 0 Å². The molecule has 1 aliphatic heterocycles. The van der Waals surface area contributed by atoms with Crippen LogP contribution < -0.4 is 27.0 Å². The van der Waals surface area contributed by atoms with Gasteiger partial charge < -0.3 is 31.9 Å². The number of aryl methyl sites for hydroxylation is 1. The molecule has 12 heteroatoms. The molecule has 2 aromatic rings. The van der Waals surface area contributed by atoms with Crippen LogP contribution in [0.1, 0.15) is 83.0 Å². The normalized spacial score (nSPS) is 24.0. The summed E-state index contributed by atoms with van der Waals surface area (Å²) in [5, 5.41) is 11.9. The molecule has 0 aromatic heterocycles. The number of benzene rings is 2. The van der Waals surface area contributed by atoms with Crippen LogP contribution in [0.2, 0.25) is 0 Å². The van der Waals surface area contributed by atoms with Crippen LogP contribution in [0, 0.1) is 22.6 Å². The molecule has 1 heterocycles. The molecule has 1 fully saturated rings. The summed E-state index contributed by atoms with van der Waals surface area (Å²) in [7, 11) is 1.66. The highest BCUT2D eigenvalue weighted by atomic mass is 19.1. The van der Waals surface area contributed by atoms with Crippen molar-refractivity contribution in [3.63, 3.8) is 0 Å². The Morgan fingerprint density at radius 3 is 2.37 bits per heavy atom. The van der Waals surface area contributed by atoms with Gasteiger partial charge in [-0.05, 0) is 93.5 Å². The number of nitrogens with two attached hydrogens (primary N) is 1. The van der Waals surface area contributed by atoms with E-state index in [2.05, 4.69) is 27.3 Å². The molecular formula is C42H55FN6O5. The molecule has 0 saturated carbocycles. The summed E-state index contributed by atoms with van der Waals surface area (Å²) in [6.45, 7) is 9.07. The van der Waals surface area contributed by atoms with Crippen molar-refractivity contribution in [2.75, 3.05) is 13.6 Å². The maximum absolute atomic E-state index is 14.6. The first-order valence-corrected chi connectivity index (χ1v) is 19.0. The van der Waals surface area contributed by atoms with Gasteiger partial charge in [0, 0.05) is 18.2 Å². The molecular weight excluding hydrogens is 687 g/mol. The predicted octanol–water partition coefficient (Wildman–Crippen LogP) is 3.78. The van der Waals surface area contributed by atoms with Crippen LogP contribution in [0.3, 0.4) is 0 Å². The smallest absolute Gasteiger partial charge is 0.251 e. The Labute approximate surface area is 317 Å².